The van der Waals surface area contributed by atoms with Crippen molar-refractivity contribution < 1.29 is 14.3 Å². The second-order valence-corrected chi connectivity index (χ2v) is 5.50. The number of nitrogens with one attached hydrogen (secondary N) is 1. The van der Waals surface area contributed by atoms with E-state index in [1.54, 1.807) is 6.07 Å². The highest BCUT2D eigenvalue weighted by Gasteiger charge is 2.14. The summed E-state index contributed by atoms with van der Waals surface area (Å²) in [5.41, 5.74) is 2.82. The molecule has 0 fully saturated rings. The highest BCUT2D eigenvalue weighted by Crippen LogP contribution is 2.25. The van der Waals surface area contributed by atoms with Crippen LogP contribution in [-0.2, 0) is 6.54 Å². The summed E-state index contributed by atoms with van der Waals surface area (Å²) in [7, 11) is 0. The highest BCUT2D eigenvalue weighted by atomic mass is 19.1. The van der Waals surface area contributed by atoms with Gasteiger partial charge in [0, 0.05) is 29.5 Å². The number of rotatable bonds is 5. The van der Waals surface area contributed by atoms with E-state index in [4.69, 9.17) is 0 Å². The number of anilines is 1. The van der Waals surface area contributed by atoms with E-state index in [0.717, 1.165) is 17.2 Å². The van der Waals surface area contributed by atoms with Gasteiger partial charge < -0.3 is 10.4 Å². The summed E-state index contributed by atoms with van der Waals surface area (Å²) in [5, 5.41) is 16.4. The molecule has 0 radical (unpaired) electrons. The second kappa shape index (κ2) is 7.23. The lowest BCUT2D eigenvalue weighted by atomic mass is 10.1. The number of hydrogen-bond donors (Lipinski definition) is 2. The topological polar surface area (TPSA) is 80.0 Å². The van der Waals surface area contributed by atoms with Gasteiger partial charge in [0.2, 0.25) is 5.95 Å². The number of benzene rings is 1. The summed E-state index contributed by atoms with van der Waals surface area (Å²) in [6.07, 6.45) is 1.23. The number of nitrogens with zero attached hydrogens (tertiary/aromatic N) is 3. The first-order chi connectivity index (χ1) is 12.1. The van der Waals surface area contributed by atoms with Gasteiger partial charge in [-0.25, -0.2) is 9.67 Å². The van der Waals surface area contributed by atoms with Gasteiger partial charge in [0.1, 0.15) is 5.82 Å². The normalized spacial score (nSPS) is 10.7. The van der Waals surface area contributed by atoms with Gasteiger partial charge in [-0.3, -0.25) is 4.79 Å². The Hall–Kier alpha value is -3.06. The van der Waals surface area contributed by atoms with Crippen LogP contribution in [0.3, 0.4) is 0 Å². The Morgan fingerprint density at radius 2 is 2.08 bits per heavy atom. The molecule has 0 aliphatic heterocycles. The number of amides is 1. The second-order valence-electron chi connectivity index (χ2n) is 5.50. The van der Waals surface area contributed by atoms with Crippen molar-refractivity contribution in [2.75, 3.05) is 11.9 Å². The number of aliphatic hydroxyl groups excluding tert-OH is 1. The minimum atomic E-state index is -0.725. The van der Waals surface area contributed by atoms with Crippen LogP contribution in [0.5, 0.6) is 0 Å². The molecule has 0 aliphatic carbocycles. The van der Waals surface area contributed by atoms with Crippen molar-refractivity contribution in [3.63, 3.8) is 0 Å². The predicted molar refractivity (Wildman–Crippen MR) is 91.6 cm³/mol. The zero-order valence-corrected chi connectivity index (χ0v) is 13.6. The predicted octanol–water partition coefficient (Wildman–Crippen LogP) is 2.64. The maximum atomic E-state index is 13.2. The molecule has 3 rings (SSSR count). The van der Waals surface area contributed by atoms with Crippen LogP contribution < -0.4 is 5.32 Å². The molecule has 128 valence electrons. The molecule has 25 heavy (non-hydrogen) atoms. The lowest BCUT2D eigenvalue weighted by Crippen LogP contribution is -2.17. The van der Waals surface area contributed by atoms with E-state index in [1.807, 2.05) is 31.2 Å². The van der Waals surface area contributed by atoms with E-state index in [-0.39, 0.29) is 18.7 Å². The lowest BCUT2D eigenvalue weighted by Gasteiger charge is -2.07. The maximum Gasteiger partial charge on any atom is 0.257 e. The maximum absolute atomic E-state index is 13.2. The van der Waals surface area contributed by atoms with Crippen molar-refractivity contribution in [3.05, 3.63) is 65.7 Å². The molecule has 3 aromatic rings. The Morgan fingerprint density at radius 3 is 2.80 bits per heavy atom. The first kappa shape index (κ1) is 16.8. The van der Waals surface area contributed by atoms with E-state index in [9.17, 15) is 14.3 Å². The number of hydrogen-bond acceptors (Lipinski definition) is 4. The monoisotopic (exact) mass is 340 g/mol. The third-order valence-electron chi connectivity index (χ3n) is 3.74. The van der Waals surface area contributed by atoms with Gasteiger partial charge in [-0.15, -0.1) is 0 Å². The summed E-state index contributed by atoms with van der Waals surface area (Å²) in [6.45, 7) is 2.08. The number of halogens is 1. The Morgan fingerprint density at radius 1 is 1.28 bits per heavy atom. The molecule has 2 heterocycles. The van der Waals surface area contributed by atoms with Crippen molar-refractivity contribution >= 4 is 11.7 Å². The fourth-order valence-corrected chi connectivity index (χ4v) is 2.51. The molecule has 1 amide bonds. The first-order valence-corrected chi connectivity index (χ1v) is 7.76. The standard InChI is InChI=1S/C18H17FN4O2/c1-12-4-2-3-5-14(12)15-11-17(23(22-15)8-9-24)21-18(25)13-6-7-20-16(19)10-13/h2-7,10-11,24H,8-9H2,1H3,(H,21,25). The Balaban J connectivity index is 1.92. The van der Waals surface area contributed by atoms with Crippen LogP contribution in [0.4, 0.5) is 10.2 Å². The molecule has 0 aliphatic rings. The smallest absolute Gasteiger partial charge is 0.257 e. The SMILES string of the molecule is Cc1ccccc1-c1cc(NC(=O)c2ccnc(F)c2)n(CCO)n1. The molecule has 0 spiro atoms. The number of pyridine rings is 1. The summed E-state index contributed by atoms with van der Waals surface area (Å²) in [5.74, 6) is -0.775. The quantitative estimate of drug-likeness (QED) is 0.700. The van der Waals surface area contributed by atoms with Crippen molar-refractivity contribution in [2.24, 2.45) is 0 Å². The van der Waals surface area contributed by atoms with E-state index in [1.165, 1.54) is 16.9 Å². The molecule has 7 heteroatoms. The Bertz CT molecular complexity index is 908. The molecular weight excluding hydrogens is 323 g/mol. The summed E-state index contributed by atoms with van der Waals surface area (Å²) in [6, 6.07) is 12.0. The third-order valence-corrected chi connectivity index (χ3v) is 3.74. The van der Waals surface area contributed by atoms with Crippen molar-refractivity contribution in [2.45, 2.75) is 13.5 Å². The van der Waals surface area contributed by atoms with Crippen LogP contribution in [0.15, 0.2) is 48.7 Å². The Labute approximate surface area is 144 Å². The number of aryl methyl sites for hydroxylation is 1. The zero-order valence-electron chi connectivity index (χ0n) is 13.6. The molecule has 0 saturated carbocycles. The molecule has 0 atom stereocenters. The first-order valence-electron chi connectivity index (χ1n) is 7.76. The van der Waals surface area contributed by atoms with Crippen LogP contribution in [0.2, 0.25) is 0 Å². The van der Waals surface area contributed by atoms with Crippen LogP contribution in [-0.4, -0.2) is 32.4 Å². The molecule has 0 bridgehead atoms. The fourth-order valence-electron chi connectivity index (χ4n) is 2.51. The average molecular weight is 340 g/mol. The van der Waals surface area contributed by atoms with Gasteiger partial charge in [0.25, 0.3) is 5.91 Å². The minimum absolute atomic E-state index is 0.123. The van der Waals surface area contributed by atoms with Gasteiger partial charge in [0.05, 0.1) is 18.8 Å². The summed E-state index contributed by atoms with van der Waals surface area (Å²) >= 11 is 0. The Kier molecular flexibility index (Phi) is 4.85. The summed E-state index contributed by atoms with van der Waals surface area (Å²) in [4.78, 5) is 15.8. The lowest BCUT2D eigenvalue weighted by molar-refractivity contribution is 0.102. The molecule has 0 saturated heterocycles. The fraction of sp³-hybridized carbons (Fsp3) is 0.167. The number of aliphatic hydroxyl groups is 1. The van der Waals surface area contributed by atoms with Crippen molar-refractivity contribution in [1.82, 2.24) is 14.8 Å². The van der Waals surface area contributed by atoms with E-state index in [2.05, 4.69) is 15.4 Å². The molecule has 2 N–H and O–H groups in total. The van der Waals surface area contributed by atoms with Crippen LogP contribution in [0.1, 0.15) is 15.9 Å². The average Bonchev–Trinajstić information content (AvgIpc) is 2.98. The van der Waals surface area contributed by atoms with E-state index in [0.29, 0.717) is 11.5 Å². The van der Waals surface area contributed by atoms with Gasteiger partial charge in [-0.05, 0) is 18.6 Å². The van der Waals surface area contributed by atoms with E-state index < -0.39 is 11.9 Å². The van der Waals surface area contributed by atoms with Crippen LogP contribution >= 0.6 is 0 Å². The molecule has 6 nitrogen and oxygen atoms in total. The zero-order chi connectivity index (χ0) is 17.8. The van der Waals surface area contributed by atoms with Gasteiger partial charge in [-0.2, -0.15) is 9.49 Å². The minimum Gasteiger partial charge on any atom is -0.394 e. The summed E-state index contributed by atoms with van der Waals surface area (Å²) < 4.78 is 14.7. The molecule has 0 unspecified atom stereocenters. The molecule has 2 aromatic heterocycles. The third kappa shape index (κ3) is 3.72. The van der Waals surface area contributed by atoms with Gasteiger partial charge in [0.15, 0.2) is 0 Å². The number of aromatic nitrogens is 3. The number of carbonyl (C=O) groups excluding carboxylic acids is 1. The van der Waals surface area contributed by atoms with Gasteiger partial charge in [-0.1, -0.05) is 24.3 Å². The highest BCUT2D eigenvalue weighted by molar-refractivity contribution is 6.04. The number of carbonyl (C=O) groups is 1. The van der Waals surface area contributed by atoms with Crippen LogP contribution in [0.25, 0.3) is 11.3 Å². The largest absolute Gasteiger partial charge is 0.394 e. The van der Waals surface area contributed by atoms with Crippen LogP contribution in [0, 0.1) is 12.9 Å². The van der Waals surface area contributed by atoms with E-state index >= 15 is 0 Å². The van der Waals surface area contributed by atoms with Crippen molar-refractivity contribution in [3.8, 4) is 11.3 Å². The molecule has 1 aromatic carbocycles. The molecular formula is C18H17FN4O2. The van der Waals surface area contributed by atoms with Crippen molar-refractivity contribution in [1.29, 1.82) is 0 Å². The van der Waals surface area contributed by atoms with Gasteiger partial charge >= 0.3 is 0 Å².